The van der Waals surface area contributed by atoms with Gasteiger partial charge < -0.3 is 10.2 Å². The van der Waals surface area contributed by atoms with Gasteiger partial charge in [0, 0.05) is 13.1 Å². The molecule has 1 amide bonds. The van der Waals surface area contributed by atoms with Gasteiger partial charge in [0.25, 0.3) is 0 Å². The molecule has 98 valence electrons. The molecule has 2 rings (SSSR count). The van der Waals surface area contributed by atoms with E-state index in [4.69, 9.17) is 11.6 Å². The first-order chi connectivity index (χ1) is 8.34. The highest BCUT2D eigenvalue weighted by Crippen LogP contribution is 2.30. The van der Waals surface area contributed by atoms with Crippen LogP contribution in [0.15, 0.2) is 0 Å². The highest BCUT2D eigenvalue weighted by molar-refractivity contribution is 6.31. The zero-order valence-electron chi connectivity index (χ0n) is 11.0. The molecular weight excluding hydrogens is 252 g/mol. The third-order valence-corrected chi connectivity index (χ3v) is 3.61. The molecule has 0 unspecified atom stereocenters. The van der Waals surface area contributed by atoms with E-state index in [1.54, 1.807) is 0 Å². The van der Waals surface area contributed by atoms with Crippen molar-refractivity contribution < 1.29 is 4.79 Å². The lowest BCUT2D eigenvalue weighted by molar-refractivity contribution is -0.126. The van der Waals surface area contributed by atoms with Crippen molar-refractivity contribution in [2.45, 2.75) is 33.2 Å². The Kier molecular flexibility index (Phi) is 3.19. The van der Waals surface area contributed by atoms with Gasteiger partial charge in [-0.3, -0.25) is 4.79 Å². The summed E-state index contributed by atoms with van der Waals surface area (Å²) in [5.41, 5.74) is 0.970. The summed E-state index contributed by atoms with van der Waals surface area (Å²) >= 11 is 6.16. The van der Waals surface area contributed by atoms with Crippen LogP contribution in [0.2, 0.25) is 5.15 Å². The van der Waals surface area contributed by atoms with Crippen LogP contribution >= 0.6 is 11.6 Å². The zero-order valence-corrected chi connectivity index (χ0v) is 11.8. The second kappa shape index (κ2) is 4.39. The summed E-state index contributed by atoms with van der Waals surface area (Å²) in [6.07, 6.45) is 0. The van der Waals surface area contributed by atoms with Crippen LogP contribution < -0.4 is 10.2 Å². The summed E-state index contributed by atoms with van der Waals surface area (Å²) in [5.74, 6) is 0.560. The minimum Gasteiger partial charge on any atom is -0.352 e. The van der Waals surface area contributed by atoms with E-state index in [9.17, 15) is 4.79 Å². The Labute approximate surface area is 112 Å². The molecule has 0 atom stereocenters. The minimum absolute atomic E-state index is 0.0233. The number of carbonyl (C=O) groups excluding carboxylic acids is 1. The van der Waals surface area contributed by atoms with Crippen LogP contribution in [0.5, 0.6) is 0 Å². The molecule has 5 nitrogen and oxygen atoms in total. The molecule has 18 heavy (non-hydrogen) atoms. The Morgan fingerprint density at radius 3 is 2.56 bits per heavy atom. The van der Waals surface area contributed by atoms with E-state index in [2.05, 4.69) is 15.3 Å². The summed E-state index contributed by atoms with van der Waals surface area (Å²) in [4.78, 5) is 22.6. The fraction of sp³-hybridized carbons (Fsp3) is 0.583. The van der Waals surface area contributed by atoms with Crippen LogP contribution in [0.4, 0.5) is 5.82 Å². The highest BCUT2D eigenvalue weighted by Gasteiger charge is 2.39. The van der Waals surface area contributed by atoms with Crippen LogP contribution in [-0.4, -0.2) is 34.5 Å². The average Bonchev–Trinajstić information content (AvgIpc) is 2.28. The Balaban J connectivity index is 2.48. The van der Waals surface area contributed by atoms with E-state index in [0.717, 1.165) is 11.4 Å². The van der Waals surface area contributed by atoms with Gasteiger partial charge in [0.05, 0.1) is 11.4 Å². The monoisotopic (exact) mass is 268 g/mol. The number of hydrogen-bond acceptors (Lipinski definition) is 4. The summed E-state index contributed by atoms with van der Waals surface area (Å²) in [6, 6.07) is 0. The maximum Gasteiger partial charge on any atom is 0.245 e. The van der Waals surface area contributed by atoms with Gasteiger partial charge in [0.2, 0.25) is 5.91 Å². The number of carbonyl (C=O) groups is 1. The molecule has 1 fully saturated rings. The maximum atomic E-state index is 11.9. The van der Waals surface area contributed by atoms with Gasteiger partial charge in [-0.05, 0) is 27.7 Å². The van der Waals surface area contributed by atoms with Gasteiger partial charge in [-0.15, -0.1) is 0 Å². The lowest BCUT2D eigenvalue weighted by atomic mass is 9.99. The number of rotatable bonds is 1. The van der Waals surface area contributed by atoms with Crippen LogP contribution in [0.1, 0.15) is 25.2 Å². The number of amides is 1. The predicted molar refractivity (Wildman–Crippen MR) is 71.0 cm³/mol. The topological polar surface area (TPSA) is 58.1 Å². The van der Waals surface area contributed by atoms with Gasteiger partial charge >= 0.3 is 0 Å². The zero-order chi connectivity index (χ0) is 13.5. The fourth-order valence-corrected chi connectivity index (χ4v) is 2.28. The number of nitrogens with one attached hydrogen (secondary N) is 1. The highest BCUT2D eigenvalue weighted by atomic mass is 35.5. The maximum absolute atomic E-state index is 11.9. The van der Waals surface area contributed by atoms with Crippen molar-refractivity contribution in [3.63, 3.8) is 0 Å². The van der Waals surface area contributed by atoms with E-state index in [0.29, 0.717) is 24.1 Å². The van der Waals surface area contributed by atoms with Crippen molar-refractivity contribution in [3.8, 4) is 0 Å². The lowest BCUT2D eigenvalue weighted by Gasteiger charge is -2.42. The molecule has 1 aliphatic heterocycles. The Morgan fingerprint density at radius 2 is 1.89 bits per heavy atom. The van der Waals surface area contributed by atoms with E-state index in [1.807, 2.05) is 32.6 Å². The van der Waals surface area contributed by atoms with Gasteiger partial charge in [-0.1, -0.05) is 11.6 Å². The molecule has 1 saturated heterocycles. The molecule has 1 aromatic rings. The standard InChI is InChI=1S/C12H17ClN4O/c1-7-8(2)16-10(9(13)15-7)17-6-5-14-11(18)12(17,3)4/h5-6H2,1-4H3,(H,14,18). The molecule has 6 heteroatoms. The number of anilines is 1. The average molecular weight is 269 g/mol. The summed E-state index contributed by atoms with van der Waals surface area (Å²) in [7, 11) is 0. The smallest absolute Gasteiger partial charge is 0.245 e. The van der Waals surface area contributed by atoms with Gasteiger partial charge in [-0.25, -0.2) is 9.97 Å². The molecule has 1 N–H and O–H groups in total. The van der Waals surface area contributed by atoms with Crippen molar-refractivity contribution in [2.24, 2.45) is 0 Å². The van der Waals surface area contributed by atoms with Gasteiger partial charge in [0.1, 0.15) is 5.54 Å². The minimum atomic E-state index is -0.668. The molecular formula is C12H17ClN4O. The van der Waals surface area contributed by atoms with E-state index < -0.39 is 5.54 Å². The molecule has 0 bridgehead atoms. The number of aromatic nitrogens is 2. The van der Waals surface area contributed by atoms with Crippen LogP contribution in [0, 0.1) is 13.8 Å². The largest absolute Gasteiger partial charge is 0.352 e. The third kappa shape index (κ3) is 2.03. The molecule has 1 aliphatic rings. The van der Waals surface area contributed by atoms with Crippen LogP contribution in [-0.2, 0) is 4.79 Å². The van der Waals surface area contributed by atoms with E-state index in [1.165, 1.54) is 0 Å². The van der Waals surface area contributed by atoms with Gasteiger partial charge in [-0.2, -0.15) is 0 Å². The van der Waals surface area contributed by atoms with Gasteiger partial charge in [0.15, 0.2) is 11.0 Å². The Morgan fingerprint density at radius 1 is 1.28 bits per heavy atom. The quantitative estimate of drug-likeness (QED) is 0.838. The second-order valence-electron chi connectivity index (χ2n) is 4.98. The number of piperazine rings is 1. The SMILES string of the molecule is Cc1nc(Cl)c(N2CCNC(=O)C2(C)C)nc1C. The normalized spacial score (nSPS) is 18.7. The molecule has 0 aliphatic carbocycles. The first-order valence-electron chi connectivity index (χ1n) is 5.90. The number of nitrogens with zero attached hydrogens (tertiary/aromatic N) is 3. The Hall–Kier alpha value is -1.36. The van der Waals surface area contributed by atoms with Crippen molar-refractivity contribution in [1.82, 2.24) is 15.3 Å². The van der Waals surface area contributed by atoms with Crippen molar-refractivity contribution in [3.05, 3.63) is 16.5 Å². The van der Waals surface area contributed by atoms with E-state index in [-0.39, 0.29) is 5.91 Å². The lowest BCUT2D eigenvalue weighted by Crippen LogP contribution is -2.62. The van der Waals surface area contributed by atoms with Crippen molar-refractivity contribution >= 4 is 23.3 Å². The van der Waals surface area contributed by atoms with Crippen LogP contribution in [0.25, 0.3) is 0 Å². The van der Waals surface area contributed by atoms with Crippen molar-refractivity contribution in [1.29, 1.82) is 0 Å². The first-order valence-corrected chi connectivity index (χ1v) is 6.28. The first kappa shape index (κ1) is 13.1. The summed E-state index contributed by atoms with van der Waals surface area (Å²) in [5, 5.41) is 3.19. The molecule has 0 aromatic carbocycles. The Bertz CT molecular complexity index is 501. The molecule has 1 aromatic heterocycles. The predicted octanol–water partition coefficient (Wildman–Crippen LogP) is 1.46. The van der Waals surface area contributed by atoms with Crippen molar-refractivity contribution in [2.75, 3.05) is 18.0 Å². The third-order valence-electron chi connectivity index (χ3n) is 3.35. The summed E-state index contributed by atoms with van der Waals surface area (Å²) < 4.78 is 0. The molecule has 0 radical (unpaired) electrons. The molecule has 0 saturated carbocycles. The molecule has 0 spiro atoms. The second-order valence-corrected chi connectivity index (χ2v) is 5.33. The van der Waals surface area contributed by atoms with Crippen LogP contribution in [0.3, 0.4) is 0 Å². The number of aryl methyl sites for hydroxylation is 2. The molecule has 2 heterocycles. The fourth-order valence-electron chi connectivity index (χ4n) is 2.01. The number of hydrogen-bond donors (Lipinski definition) is 1. The summed E-state index contributed by atoms with van der Waals surface area (Å²) in [6.45, 7) is 8.73. The number of halogens is 1. The van der Waals surface area contributed by atoms with E-state index >= 15 is 0 Å².